The number of nitrogens with zero attached hydrogens (tertiary/aromatic N) is 2. The quantitative estimate of drug-likeness (QED) is 0.880. The van der Waals surface area contributed by atoms with Crippen molar-refractivity contribution in [2.45, 2.75) is 6.92 Å². The summed E-state index contributed by atoms with van der Waals surface area (Å²) < 4.78 is 6.41. The molecule has 1 aromatic carbocycles. The van der Waals surface area contributed by atoms with E-state index in [0.29, 0.717) is 11.4 Å². The molecule has 6 heteroatoms. The molecule has 0 spiro atoms. The average Bonchev–Trinajstić information content (AvgIpc) is 2.33. The molecule has 1 heterocycles. The van der Waals surface area contributed by atoms with E-state index >= 15 is 0 Å². The number of rotatable bonds is 3. The predicted octanol–water partition coefficient (Wildman–Crippen LogP) is 2.97. The van der Waals surface area contributed by atoms with E-state index in [1.165, 1.54) is 0 Å². The molecule has 0 aliphatic heterocycles. The Morgan fingerprint density at radius 2 is 2.17 bits per heavy atom. The summed E-state index contributed by atoms with van der Waals surface area (Å²) in [5.41, 5.74) is 7.12. The van der Waals surface area contributed by atoms with E-state index in [9.17, 15) is 0 Å². The van der Waals surface area contributed by atoms with Crippen molar-refractivity contribution in [1.29, 1.82) is 0 Å². The van der Waals surface area contributed by atoms with E-state index in [4.69, 9.17) is 22.7 Å². The van der Waals surface area contributed by atoms with E-state index in [1.54, 1.807) is 12.3 Å². The van der Waals surface area contributed by atoms with Crippen LogP contribution >= 0.6 is 28.1 Å². The molecule has 0 radical (unpaired) electrons. The van der Waals surface area contributed by atoms with Crippen LogP contribution in [-0.2, 0) is 0 Å². The van der Waals surface area contributed by atoms with Crippen LogP contribution in [0, 0.1) is 6.92 Å². The van der Waals surface area contributed by atoms with Gasteiger partial charge in [-0.1, -0.05) is 18.3 Å². The summed E-state index contributed by atoms with van der Waals surface area (Å²) >= 11 is 8.27. The minimum atomic E-state index is 0.213. The van der Waals surface area contributed by atoms with E-state index in [0.717, 1.165) is 10.0 Å². The molecule has 0 saturated heterocycles. The maximum absolute atomic E-state index is 5.57. The summed E-state index contributed by atoms with van der Waals surface area (Å²) in [6.45, 7) is 2.00. The molecule has 92 valence electrons. The van der Waals surface area contributed by atoms with Gasteiger partial charge in [-0.25, -0.2) is 4.98 Å². The molecule has 0 amide bonds. The Hall–Kier alpha value is -1.53. The molecule has 4 nitrogen and oxygen atoms in total. The average molecular weight is 324 g/mol. The first-order valence-corrected chi connectivity index (χ1v) is 6.33. The number of thiocarbonyl (C=S) groups is 1. The third-order valence-electron chi connectivity index (χ3n) is 2.17. The van der Waals surface area contributed by atoms with Crippen molar-refractivity contribution in [2.24, 2.45) is 5.73 Å². The molecule has 1 aromatic heterocycles. The Balaban J connectivity index is 2.28. The Kier molecular flexibility index (Phi) is 3.88. The number of aryl methyl sites for hydroxylation is 1. The first-order valence-electron chi connectivity index (χ1n) is 5.13. The van der Waals surface area contributed by atoms with Crippen LogP contribution in [0.25, 0.3) is 0 Å². The van der Waals surface area contributed by atoms with Gasteiger partial charge in [-0.15, -0.1) is 0 Å². The Bertz CT molecular complexity index is 604. The minimum absolute atomic E-state index is 0.213. The molecule has 2 rings (SSSR count). The van der Waals surface area contributed by atoms with Crippen molar-refractivity contribution < 1.29 is 4.74 Å². The Labute approximate surface area is 118 Å². The number of benzene rings is 1. The van der Waals surface area contributed by atoms with Gasteiger partial charge in [-0.2, -0.15) is 4.98 Å². The van der Waals surface area contributed by atoms with Crippen LogP contribution in [0.1, 0.15) is 11.3 Å². The summed E-state index contributed by atoms with van der Waals surface area (Å²) in [5, 5.41) is 0. The van der Waals surface area contributed by atoms with Gasteiger partial charge >= 0.3 is 6.01 Å². The summed E-state index contributed by atoms with van der Waals surface area (Å²) in [5.74, 6) is 0.640. The summed E-state index contributed by atoms with van der Waals surface area (Å²) in [4.78, 5) is 8.34. The Morgan fingerprint density at radius 3 is 2.83 bits per heavy atom. The number of nitrogens with two attached hydrogens (primary N) is 1. The van der Waals surface area contributed by atoms with Crippen molar-refractivity contribution in [2.75, 3.05) is 0 Å². The van der Waals surface area contributed by atoms with E-state index in [1.807, 2.05) is 25.1 Å². The highest BCUT2D eigenvalue weighted by Gasteiger charge is 2.07. The lowest BCUT2D eigenvalue weighted by atomic mass is 10.2. The van der Waals surface area contributed by atoms with Gasteiger partial charge < -0.3 is 10.5 Å². The zero-order valence-electron chi connectivity index (χ0n) is 9.55. The largest absolute Gasteiger partial charge is 0.423 e. The van der Waals surface area contributed by atoms with Gasteiger partial charge in [-0.3, -0.25) is 0 Å². The fourth-order valence-corrected chi connectivity index (χ4v) is 2.00. The minimum Gasteiger partial charge on any atom is -0.423 e. The van der Waals surface area contributed by atoms with Crippen LogP contribution in [0.5, 0.6) is 11.8 Å². The van der Waals surface area contributed by atoms with Crippen molar-refractivity contribution >= 4 is 33.1 Å². The molecule has 18 heavy (non-hydrogen) atoms. The topological polar surface area (TPSA) is 61.0 Å². The lowest BCUT2D eigenvalue weighted by Crippen LogP contribution is -2.12. The van der Waals surface area contributed by atoms with Crippen LogP contribution in [-0.4, -0.2) is 15.0 Å². The molecule has 0 aliphatic carbocycles. The lowest BCUT2D eigenvalue weighted by molar-refractivity contribution is 0.438. The number of halogens is 1. The zero-order chi connectivity index (χ0) is 13.1. The third kappa shape index (κ3) is 3.02. The smallest absolute Gasteiger partial charge is 0.322 e. The highest BCUT2D eigenvalue weighted by atomic mass is 79.9. The first-order chi connectivity index (χ1) is 8.56. The molecule has 2 N–H and O–H groups in total. The van der Waals surface area contributed by atoms with E-state index in [2.05, 4.69) is 25.9 Å². The summed E-state index contributed by atoms with van der Waals surface area (Å²) in [6.07, 6.45) is 1.55. The number of hydrogen-bond acceptors (Lipinski definition) is 4. The second-order valence-electron chi connectivity index (χ2n) is 3.62. The lowest BCUT2D eigenvalue weighted by Gasteiger charge is -2.07. The van der Waals surface area contributed by atoms with E-state index < -0.39 is 0 Å². The maximum atomic E-state index is 5.57. The molecule has 0 bridgehead atoms. The molecule has 2 aromatic rings. The standard InChI is InChI=1S/C12H10BrN3OS/c1-7-2-3-10(8(13)6-7)17-12-15-5-4-9(16-12)11(14)18/h2-6H,1H3,(H2,14,18). The molecule has 0 saturated carbocycles. The third-order valence-corrected chi connectivity index (χ3v) is 3.00. The number of aromatic nitrogens is 2. The molecule has 0 unspecified atom stereocenters. The fourth-order valence-electron chi connectivity index (χ4n) is 1.31. The van der Waals surface area contributed by atoms with Gasteiger partial charge in [0.15, 0.2) is 0 Å². The van der Waals surface area contributed by atoms with Crippen LogP contribution in [0.15, 0.2) is 34.9 Å². The number of ether oxygens (including phenoxy) is 1. The van der Waals surface area contributed by atoms with Crippen molar-refractivity contribution in [3.05, 3.63) is 46.2 Å². The molecular formula is C12H10BrN3OS. The van der Waals surface area contributed by atoms with Crippen molar-refractivity contribution in [3.8, 4) is 11.8 Å². The van der Waals surface area contributed by atoms with Crippen LogP contribution in [0.4, 0.5) is 0 Å². The maximum Gasteiger partial charge on any atom is 0.322 e. The normalized spacial score (nSPS) is 10.1. The Morgan fingerprint density at radius 1 is 1.39 bits per heavy atom. The van der Waals surface area contributed by atoms with Gasteiger partial charge in [0, 0.05) is 6.20 Å². The fraction of sp³-hybridized carbons (Fsp3) is 0.0833. The first kappa shape index (κ1) is 12.9. The van der Waals surface area contributed by atoms with Gasteiger partial charge in [0.25, 0.3) is 0 Å². The molecule has 0 aliphatic rings. The predicted molar refractivity (Wildman–Crippen MR) is 76.9 cm³/mol. The second kappa shape index (κ2) is 5.41. The summed E-state index contributed by atoms with van der Waals surface area (Å²) in [7, 11) is 0. The van der Waals surface area contributed by atoms with Crippen LogP contribution < -0.4 is 10.5 Å². The molecular weight excluding hydrogens is 314 g/mol. The van der Waals surface area contributed by atoms with Gasteiger partial charge in [0.2, 0.25) is 0 Å². The molecule has 0 fully saturated rings. The van der Waals surface area contributed by atoms with Gasteiger partial charge in [0.1, 0.15) is 16.4 Å². The zero-order valence-corrected chi connectivity index (χ0v) is 12.0. The summed E-state index contributed by atoms with van der Waals surface area (Å²) in [6, 6.07) is 7.59. The van der Waals surface area contributed by atoms with Gasteiger partial charge in [-0.05, 0) is 46.6 Å². The van der Waals surface area contributed by atoms with Crippen LogP contribution in [0.3, 0.4) is 0 Å². The number of hydrogen-bond donors (Lipinski definition) is 1. The SMILES string of the molecule is Cc1ccc(Oc2nccc(C(N)=S)n2)c(Br)c1. The monoisotopic (exact) mass is 323 g/mol. The van der Waals surface area contributed by atoms with Gasteiger partial charge in [0.05, 0.1) is 4.47 Å². The van der Waals surface area contributed by atoms with E-state index in [-0.39, 0.29) is 11.0 Å². The van der Waals surface area contributed by atoms with Crippen LogP contribution in [0.2, 0.25) is 0 Å². The van der Waals surface area contributed by atoms with Crippen molar-refractivity contribution in [1.82, 2.24) is 9.97 Å². The highest BCUT2D eigenvalue weighted by molar-refractivity contribution is 9.10. The second-order valence-corrected chi connectivity index (χ2v) is 4.92. The van der Waals surface area contributed by atoms with Crippen molar-refractivity contribution in [3.63, 3.8) is 0 Å². The highest BCUT2D eigenvalue weighted by Crippen LogP contribution is 2.28. The molecule has 0 atom stereocenters.